The number of anilines is 1. The average Bonchev–Trinajstić information content (AvgIpc) is 3.43. The number of allylic oxidation sites excluding steroid dienone is 2. The fourth-order valence-corrected chi connectivity index (χ4v) is 7.97. The number of hydrazine groups is 1. The molecule has 3 fully saturated rings. The first-order valence-corrected chi connectivity index (χ1v) is 14.6. The Morgan fingerprint density at radius 1 is 1.00 bits per heavy atom. The quantitative estimate of drug-likeness (QED) is 0.286. The lowest BCUT2D eigenvalue weighted by Gasteiger charge is -2.50. The maximum Gasteiger partial charge on any atom is 0.260 e. The third-order valence-corrected chi connectivity index (χ3v) is 9.91. The van der Waals surface area contributed by atoms with Gasteiger partial charge in [0.1, 0.15) is 5.82 Å². The number of halogens is 2. The number of aromatic hydroxyl groups is 1. The number of amides is 4. The molecule has 3 aromatic rings. The molecule has 224 valence electrons. The Kier molecular flexibility index (Phi) is 6.51. The van der Waals surface area contributed by atoms with Crippen molar-refractivity contribution < 1.29 is 33.4 Å². The standard InChI is InChI=1S/C33H27ClFN3O6/c1-44-25-4-2-3-22(28(25)39)27-20-13-14-21-26(30(41)36-29(21)40)23(20)15-24-31(42)38(37-19-11-9-18(35)10-12-19)32(43)33(24,27)16-5-7-17(34)8-6-16/h2-13,21,23-24,26-27,37,39H,14-15H2,1H3,(H,36,40,41). The third kappa shape index (κ3) is 3.90. The van der Waals surface area contributed by atoms with E-state index in [2.05, 4.69) is 10.7 Å². The van der Waals surface area contributed by atoms with Crippen LogP contribution in [0, 0.1) is 29.5 Å². The Balaban J connectivity index is 1.49. The van der Waals surface area contributed by atoms with E-state index in [1.54, 1.807) is 42.5 Å². The molecule has 1 saturated carbocycles. The monoisotopic (exact) mass is 615 g/mol. The van der Waals surface area contributed by atoms with Gasteiger partial charge < -0.3 is 9.84 Å². The second kappa shape index (κ2) is 10.2. The number of phenolic OH excluding ortho intramolecular Hbond substituents is 1. The Bertz CT molecular complexity index is 1760. The van der Waals surface area contributed by atoms with E-state index in [0.717, 1.165) is 5.01 Å². The van der Waals surface area contributed by atoms with E-state index < -0.39 is 58.5 Å². The molecule has 3 aromatic carbocycles. The Morgan fingerprint density at radius 3 is 2.43 bits per heavy atom. The van der Waals surface area contributed by atoms with Crippen molar-refractivity contribution in [3.63, 3.8) is 0 Å². The molecule has 2 aliphatic heterocycles. The van der Waals surface area contributed by atoms with Crippen LogP contribution >= 0.6 is 11.6 Å². The SMILES string of the molecule is COc1cccc(C2C3=CCC4C(=O)NC(=O)C4C3CC3C(=O)N(Nc4ccc(F)cc4)C(=O)C32c2ccc(Cl)cc2)c1O. The summed E-state index contributed by atoms with van der Waals surface area (Å²) in [6, 6.07) is 16.9. The lowest BCUT2D eigenvalue weighted by atomic mass is 9.49. The van der Waals surface area contributed by atoms with Gasteiger partial charge in [-0.05, 0) is 66.8 Å². The van der Waals surface area contributed by atoms with Crippen molar-refractivity contribution in [1.29, 1.82) is 0 Å². The van der Waals surface area contributed by atoms with Gasteiger partial charge in [-0.2, -0.15) is 5.01 Å². The van der Waals surface area contributed by atoms with Crippen LogP contribution in [0.15, 0.2) is 78.4 Å². The number of methoxy groups -OCH3 is 1. The molecule has 0 bridgehead atoms. The molecule has 44 heavy (non-hydrogen) atoms. The zero-order valence-corrected chi connectivity index (χ0v) is 24.2. The highest BCUT2D eigenvalue weighted by Gasteiger charge is 2.70. The summed E-state index contributed by atoms with van der Waals surface area (Å²) in [5, 5.41) is 15.4. The van der Waals surface area contributed by atoms with Crippen molar-refractivity contribution >= 4 is 40.9 Å². The van der Waals surface area contributed by atoms with Gasteiger partial charge in [-0.3, -0.25) is 29.9 Å². The van der Waals surface area contributed by atoms with Gasteiger partial charge in [0.15, 0.2) is 11.5 Å². The van der Waals surface area contributed by atoms with E-state index in [1.807, 2.05) is 6.08 Å². The molecule has 0 aromatic heterocycles. The summed E-state index contributed by atoms with van der Waals surface area (Å²) in [6.07, 6.45) is 2.25. The second-order valence-electron chi connectivity index (χ2n) is 11.6. The first-order chi connectivity index (χ1) is 21.2. The molecular weight excluding hydrogens is 589 g/mol. The minimum Gasteiger partial charge on any atom is -0.504 e. The van der Waals surface area contributed by atoms with Gasteiger partial charge >= 0.3 is 0 Å². The summed E-state index contributed by atoms with van der Waals surface area (Å²) in [5.74, 6) is -6.25. The molecule has 2 aliphatic carbocycles. The van der Waals surface area contributed by atoms with E-state index in [1.165, 1.54) is 31.4 Å². The summed E-state index contributed by atoms with van der Waals surface area (Å²) >= 11 is 6.27. The number of nitrogens with zero attached hydrogens (tertiary/aromatic N) is 1. The van der Waals surface area contributed by atoms with Gasteiger partial charge in [-0.15, -0.1) is 0 Å². The number of hydrogen-bond donors (Lipinski definition) is 3. The maximum atomic E-state index is 15.0. The van der Waals surface area contributed by atoms with Gasteiger partial charge in [-0.25, -0.2) is 4.39 Å². The first kappa shape index (κ1) is 28.1. The number of phenols is 1. The van der Waals surface area contributed by atoms with E-state index in [4.69, 9.17) is 16.3 Å². The number of nitrogens with one attached hydrogen (secondary N) is 2. The van der Waals surface area contributed by atoms with Crippen LogP contribution in [0.2, 0.25) is 5.02 Å². The molecule has 2 saturated heterocycles. The van der Waals surface area contributed by atoms with Gasteiger partial charge in [0.25, 0.3) is 11.8 Å². The van der Waals surface area contributed by atoms with E-state index >= 15 is 0 Å². The summed E-state index contributed by atoms with van der Waals surface area (Å²) in [4.78, 5) is 55.3. The molecule has 2 heterocycles. The fourth-order valence-electron chi connectivity index (χ4n) is 7.85. The van der Waals surface area contributed by atoms with Crippen molar-refractivity contribution in [2.75, 3.05) is 12.5 Å². The molecular formula is C33H27ClFN3O6. The van der Waals surface area contributed by atoms with Crippen LogP contribution in [-0.2, 0) is 24.6 Å². The van der Waals surface area contributed by atoms with Crippen molar-refractivity contribution in [3.05, 3.63) is 100 Å². The van der Waals surface area contributed by atoms with Crippen molar-refractivity contribution in [2.24, 2.45) is 23.7 Å². The average molecular weight is 616 g/mol. The molecule has 4 aliphatic rings. The molecule has 9 nitrogen and oxygen atoms in total. The number of benzene rings is 3. The summed E-state index contributed by atoms with van der Waals surface area (Å²) in [5.41, 5.74) is 3.14. The number of hydrogen-bond acceptors (Lipinski definition) is 7. The molecule has 0 radical (unpaired) electrons. The number of ether oxygens (including phenoxy) is 1. The minimum atomic E-state index is -1.59. The number of rotatable bonds is 5. The number of carbonyl (C=O) groups excluding carboxylic acids is 4. The number of carbonyl (C=O) groups is 4. The Labute approximate surface area is 256 Å². The van der Waals surface area contributed by atoms with E-state index in [9.17, 15) is 28.7 Å². The molecule has 0 spiro atoms. The van der Waals surface area contributed by atoms with Crippen LogP contribution in [0.1, 0.15) is 29.9 Å². The van der Waals surface area contributed by atoms with Crippen LogP contribution in [0.3, 0.4) is 0 Å². The van der Waals surface area contributed by atoms with Gasteiger partial charge in [0, 0.05) is 16.5 Å². The number of imide groups is 2. The van der Waals surface area contributed by atoms with Crippen LogP contribution in [-0.4, -0.2) is 40.9 Å². The third-order valence-electron chi connectivity index (χ3n) is 9.66. The van der Waals surface area contributed by atoms with Crippen molar-refractivity contribution in [2.45, 2.75) is 24.2 Å². The molecule has 11 heteroatoms. The van der Waals surface area contributed by atoms with Gasteiger partial charge in [0.2, 0.25) is 11.8 Å². The van der Waals surface area contributed by atoms with Gasteiger partial charge in [-0.1, -0.05) is 47.5 Å². The normalized spacial score (nSPS) is 29.0. The zero-order chi connectivity index (χ0) is 30.9. The van der Waals surface area contributed by atoms with Crippen molar-refractivity contribution in [1.82, 2.24) is 10.3 Å². The summed E-state index contributed by atoms with van der Waals surface area (Å²) in [6.45, 7) is 0. The summed E-state index contributed by atoms with van der Waals surface area (Å²) in [7, 11) is 1.41. The van der Waals surface area contributed by atoms with Crippen LogP contribution < -0.4 is 15.5 Å². The lowest BCUT2D eigenvalue weighted by Crippen LogP contribution is -2.53. The van der Waals surface area contributed by atoms with E-state index in [0.29, 0.717) is 27.4 Å². The van der Waals surface area contributed by atoms with Crippen LogP contribution in [0.4, 0.5) is 10.1 Å². The zero-order valence-electron chi connectivity index (χ0n) is 23.4. The Hall–Kier alpha value is -4.70. The Morgan fingerprint density at radius 2 is 1.73 bits per heavy atom. The summed E-state index contributed by atoms with van der Waals surface area (Å²) < 4.78 is 19.1. The first-order valence-electron chi connectivity index (χ1n) is 14.2. The largest absolute Gasteiger partial charge is 0.504 e. The smallest absolute Gasteiger partial charge is 0.260 e. The topological polar surface area (TPSA) is 125 Å². The number of para-hydroxylation sites is 1. The molecule has 6 atom stereocenters. The molecule has 4 amide bonds. The molecule has 7 rings (SSSR count). The van der Waals surface area contributed by atoms with E-state index in [-0.39, 0.29) is 30.2 Å². The minimum absolute atomic E-state index is 0.101. The van der Waals surface area contributed by atoms with Gasteiger partial charge in [0.05, 0.1) is 36.0 Å². The highest BCUT2D eigenvalue weighted by atomic mass is 35.5. The number of fused-ring (bicyclic) bond motifs is 4. The second-order valence-corrected chi connectivity index (χ2v) is 12.1. The predicted molar refractivity (Wildman–Crippen MR) is 157 cm³/mol. The fraction of sp³-hybridized carbons (Fsp3) is 0.273. The maximum absolute atomic E-state index is 15.0. The lowest BCUT2D eigenvalue weighted by molar-refractivity contribution is -0.138. The van der Waals surface area contributed by atoms with Crippen molar-refractivity contribution in [3.8, 4) is 11.5 Å². The highest BCUT2D eigenvalue weighted by Crippen LogP contribution is 2.65. The highest BCUT2D eigenvalue weighted by molar-refractivity contribution is 6.30. The molecule has 6 unspecified atom stereocenters. The predicted octanol–water partition coefficient (Wildman–Crippen LogP) is 4.47. The van der Waals surface area contributed by atoms with Crippen LogP contribution in [0.5, 0.6) is 11.5 Å². The van der Waals surface area contributed by atoms with Crippen LogP contribution in [0.25, 0.3) is 0 Å². The molecule has 3 N–H and O–H groups in total.